The number of hydrogen-bond acceptors (Lipinski definition) is 2. The van der Waals surface area contributed by atoms with Gasteiger partial charge in [0.1, 0.15) is 0 Å². The van der Waals surface area contributed by atoms with Gasteiger partial charge in [0.15, 0.2) is 0 Å². The van der Waals surface area contributed by atoms with Crippen LogP contribution in [0.1, 0.15) is 80.1 Å². The summed E-state index contributed by atoms with van der Waals surface area (Å²) in [6.07, 6.45) is 7.66. The van der Waals surface area contributed by atoms with Gasteiger partial charge in [-0.3, -0.25) is 0 Å². The molecular weight excluding hydrogens is 234 g/mol. The Morgan fingerprint density at radius 3 is 1.95 bits per heavy atom. The van der Waals surface area contributed by atoms with Gasteiger partial charge in [-0.25, -0.2) is 0 Å². The lowest BCUT2D eigenvalue weighted by molar-refractivity contribution is 0.0367. The van der Waals surface area contributed by atoms with Gasteiger partial charge in [0.2, 0.25) is 0 Å². The Balaban J connectivity index is 3.95. The number of nitrogens with one attached hydrogen (secondary N) is 1. The standard InChI is InChI=1S/C17H37NO/c1-7-8-9-10-11-12-13-18-16(17(4,5)6)15(19)14(2)3/h14-16,18-19H,7-13H2,1-6H3/t15-,16+/m0/s1. The van der Waals surface area contributed by atoms with E-state index in [9.17, 15) is 5.11 Å². The maximum atomic E-state index is 10.3. The normalized spacial score (nSPS) is 15.8. The molecule has 0 saturated heterocycles. The predicted octanol–water partition coefficient (Wildman–Crippen LogP) is 4.37. The molecule has 2 nitrogen and oxygen atoms in total. The molecular formula is C17H37NO. The first-order valence-electron chi connectivity index (χ1n) is 8.22. The van der Waals surface area contributed by atoms with Crippen LogP contribution in [-0.2, 0) is 0 Å². The number of hydrogen-bond donors (Lipinski definition) is 2. The zero-order valence-electron chi connectivity index (χ0n) is 14.1. The van der Waals surface area contributed by atoms with Gasteiger partial charge in [0.25, 0.3) is 0 Å². The molecule has 2 N–H and O–H groups in total. The summed E-state index contributed by atoms with van der Waals surface area (Å²) < 4.78 is 0. The smallest absolute Gasteiger partial charge is 0.0721 e. The predicted molar refractivity (Wildman–Crippen MR) is 85.5 cm³/mol. The molecule has 0 rings (SSSR count). The Labute approximate surface area is 121 Å². The van der Waals surface area contributed by atoms with Crippen LogP contribution in [0.5, 0.6) is 0 Å². The van der Waals surface area contributed by atoms with E-state index >= 15 is 0 Å². The van der Waals surface area contributed by atoms with E-state index in [0.29, 0.717) is 5.92 Å². The van der Waals surface area contributed by atoms with Gasteiger partial charge in [-0.05, 0) is 24.3 Å². The summed E-state index contributed by atoms with van der Waals surface area (Å²) in [6.45, 7) is 14.1. The summed E-state index contributed by atoms with van der Waals surface area (Å²) >= 11 is 0. The monoisotopic (exact) mass is 271 g/mol. The molecule has 0 aromatic heterocycles. The Hall–Kier alpha value is -0.0800. The summed E-state index contributed by atoms with van der Waals surface area (Å²) in [6, 6.07) is 0.183. The molecule has 0 unspecified atom stereocenters. The minimum absolute atomic E-state index is 0.103. The fourth-order valence-corrected chi connectivity index (χ4v) is 2.49. The first kappa shape index (κ1) is 18.9. The molecule has 0 aliphatic heterocycles. The third-order valence-electron chi connectivity index (χ3n) is 3.85. The van der Waals surface area contributed by atoms with Gasteiger partial charge < -0.3 is 10.4 Å². The van der Waals surface area contributed by atoms with Gasteiger partial charge in [0.05, 0.1) is 6.10 Å². The molecule has 0 amide bonds. The molecule has 0 aliphatic carbocycles. The number of aliphatic hydroxyl groups is 1. The lowest BCUT2D eigenvalue weighted by atomic mass is 9.80. The highest BCUT2D eigenvalue weighted by atomic mass is 16.3. The Kier molecular flexibility index (Phi) is 9.72. The molecule has 2 heteroatoms. The minimum Gasteiger partial charge on any atom is -0.391 e. The van der Waals surface area contributed by atoms with E-state index in [4.69, 9.17) is 0 Å². The summed E-state index contributed by atoms with van der Waals surface area (Å²) in [5.41, 5.74) is 0.103. The van der Waals surface area contributed by atoms with Crippen molar-refractivity contribution in [1.82, 2.24) is 5.32 Å². The van der Waals surface area contributed by atoms with Crippen LogP contribution in [0.25, 0.3) is 0 Å². The molecule has 0 saturated carbocycles. The van der Waals surface area contributed by atoms with Gasteiger partial charge in [-0.1, -0.05) is 73.6 Å². The molecule has 0 aliphatic rings. The molecule has 116 valence electrons. The van der Waals surface area contributed by atoms with Crippen molar-refractivity contribution in [3.8, 4) is 0 Å². The minimum atomic E-state index is -0.264. The van der Waals surface area contributed by atoms with Crippen LogP contribution in [0.2, 0.25) is 0 Å². The van der Waals surface area contributed by atoms with Crippen LogP contribution in [0, 0.1) is 11.3 Å². The fraction of sp³-hybridized carbons (Fsp3) is 1.00. The summed E-state index contributed by atoms with van der Waals surface area (Å²) in [7, 11) is 0. The highest BCUT2D eigenvalue weighted by Crippen LogP contribution is 2.25. The summed E-state index contributed by atoms with van der Waals surface area (Å²) in [5, 5.41) is 13.9. The molecule has 0 aromatic rings. The maximum Gasteiger partial charge on any atom is 0.0721 e. The van der Waals surface area contributed by atoms with E-state index in [0.717, 1.165) is 6.54 Å². The first-order valence-corrected chi connectivity index (χ1v) is 8.22. The molecule has 2 atom stereocenters. The van der Waals surface area contributed by atoms with Crippen molar-refractivity contribution in [3.63, 3.8) is 0 Å². The summed E-state index contributed by atoms with van der Waals surface area (Å²) in [5.74, 6) is 0.307. The van der Waals surface area contributed by atoms with Crippen LogP contribution in [0.4, 0.5) is 0 Å². The Morgan fingerprint density at radius 1 is 0.947 bits per heavy atom. The van der Waals surface area contributed by atoms with Crippen LogP contribution >= 0.6 is 0 Å². The van der Waals surface area contributed by atoms with E-state index in [-0.39, 0.29) is 17.6 Å². The second-order valence-electron chi connectivity index (χ2n) is 7.30. The van der Waals surface area contributed by atoms with Crippen LogP contribution in [0.15, 0.2) is 0 Å². The van der Waals surface area contributed by atoms with Crippen molar-refractivity contribution in [2.75, 3.05) is 6.54 Å². The number of unbranched alkanes of at least 4 members (excludes halogenated alkanes) is 5. The fourth-order valence-electron chi connectivity index (χ4n) is 2.49. The molecule has 0 radical (unpaired) electrons. The van der Waals surface area contributed by atoms with Crippen LogP contribution < -0.4 is 5.32 Å². The van der Waals surface area contributed by atoms with Gasteiger partial charge >= 0.3 is 0 Å². The Bertz CT molecular complexity index is 208. The number of rotatable bonds is 10. The molecule has 0 fully saturated rings. The molecule has 0 bridgehead atoms. The molecule has 0 aromatic carbocycles. The number of aliphatic hydroxyl groups excluding tert-OH is 1. The van der Waals surface area contributed by atoms with Crippen LogP contribution in [-0.4, -0.2) is 23.8 Å². The van der Waals surface area contributed by atoms with E-state index in [1.165, 1.54) is 38.5 Å². The maximum absolute atomic E-state index is 10.3. The topological polar surface area (TPSA) is 32.3 Å². The van der Waals surface area contributed by atoms with E-state index in [2.05, 4.69) is 46.9 Å². The first-order chi connectivity index (χ1) is 8.80. The largest absolute Gasteiger partial charge is 0.391 e. The van der Waals surface area contributed by atoms with E-state index in [1.54, 1.807) is 0 Å². The van der Waals surface area contributed by atoms with Crippen molar-refractivity contribution < 1.29 is 5.11 Å². The SMILES string of the molecule is CCCCCCCCN[C@H]([C@@H](O)C(C)C)C(C)(C)C. The third kappa shape index (κ3) is 8.65. The van der Waals surface area contributed by atoms with Crippen molar-refractivity contribution in [3.05, 3.63) is 0 Å². The zero-order valence-corrected chi connectivity index (χ0v) is 14.1. The van der Waals surface area contributed by atoms with E-state index < -0.39 is 0 Å². The second kappa shape index (κ2) is 9.77. The highest BCUT2D eigenvalue weighted by Gasteiger charge is 2.32. The van der Waals surface area contributed by atoms with Crippen molar-refractivity contribution in [1.29, 1.82) is 0 Å². The molecule has 19 heavy (non-hydrogen) atoms. The average molecular weight is 271 g/mol. The van der Waals surface area contributed by atoms with Gasteiger partial charge in [0, 0.05) is 6.04 Å². The van der Waals surface area contributed by atoms with Crippen molar-refractivity contribution in [2.24, 2.45) is 11.3 Å². The molecule has 0 heterocycles. The van der Waals surface area contributed by atoms with Crippen molar-refractivity contribution >= 4 is 0 Å². The zero-order chi connectivity index (χ0) is 14.9. The lowest BCUT2D eigenvalue weighted by Gasteiger charge is -2.37. The lowest BCUT2D eigenvalue weighted by Crippen LogP contribution is -2.51. The Morgan fingerprint density at radius 2 is 1.47 bits per heavy atom. The van der Waals surface area contributed by atoms with E-state index in [1.807, 2.05) is 0 Å². The summed E-state index contributed by atoms with van der Waals surface area (Å²) in [4.78, 5) is 0. The quantitative estimate of drug-likeness (QED) is 0.578. The van der Waals surface area contributed by atoms with Crippen LogP contribution in [0.3, 0.4) is 0 Å². The van der Waals surface area contributed by atoms with Gasteiger partial charge in [-0.15, -0.1) is 0 Å². The van der Waals surface area contributed by atoms with Gasteiger partial charge in [-0.2, -0.15) is 0 Å². The molecule has 0 spiro atoms. The van der Waals surface area contributed by atoms with Crippen molar-refractivity contribution in [2.45, 2.75) is 92.2 Å². The average Bonchev–Trinajstić information content (AvgIpc) is 2.30. The third-order valence-corrected chi connectivity index (χ3v) is 3.85. The highest BCUT2D eigenvalue weighted by molar-refractivity contribution is 4.88. The second-order valence-corrected chi connectivity index (χ2v) is 7.30.